The molecular weight excluding hydrogens is 294 g/mol. The van der Waals surface area contributed by atoms with E-state index < -0.39 is 10.0 Å². The Morgan fingerprint density at radius 1 is 1.30 bits per heavy atom. The van der Waals surface area contributed by atoms with Crippen LogP contribution in [0.5, 0.6) is 0 Å². The quantitative estimate of drug-likeness (QED) is 0.737. The predicted molar refractivity (Wildman–Crippen MR) is 83.3 cm³/mol. The molecule has 5 nitrogen and oxygen atoms in total. The minimum absolute atomic E-state index is 0.0519. The summed E-state index contributed by atoms with van der Waals surface area (Å²) in [5, 5.41) is 10.3. The molecule has 2 aromatic rings. The number of primary sulfonamides is 1. The first-order chi connectivity index (χ1) is 9.41. The molecule has 0 amide bonds. The number of hydrogen-bond donors (Lipinski definition) is 3. The maximum atomic E-state index is 11.3. The fourth-order valence-electron chi connectivity index (χ4n) is 1.88. The molecule has 0 aliphatic heterocycles. The fraction of sp³-hybridized carbons (Fsp3) is 0.231. The summed E-state index contributed by atoms with van der Waals surface area (Å²) in [5.41, 5.74) is 8.20. The number of anilines is 2. The lowest BCUT2D eigenvalue weighted by Crippen LogP contribution is -2.13. The van der Waals surface area contributed by atoms with Crippen LogP contribution >= 0.6 is 11.3 Å². The highest BCUT2D eigenvalue weighted by Crippen LogP contribution is 2.24. The van der Waals surface area contributed by atoms with Gasteiger partial charge in [-0.1, -0.05) is 6.92 Å². The van der Waals surface area contributed by atoms with Gasteiger partial charge < -0.3 is 11.1 Å². The molecule has 20 heavy (non-hydrogen) atoms. The van der Waals surface area contributed by atoms with Crippen LogP contribution in [0.25, 0.3) is 0 Å². The molecule has 1 aromatic heterocycles. The van der Waals surface area contributed by atoms with Gasteiger partial charge in [0.1, 0.15) is 0 Å². The van der Waals surface area contributed by atoms with Gasteiger partial charge in [-0.2, -0.15) is 0 Å². The van der Waals surface area contributed by atoms with E-state index in [1.807, 2.05) is 5.38 Å². The molecule has 2 rings (SSSR count). The van der Waals surface area contributed by atoms with Crippen LogP contribution in [0, 0.1) is 0 Å². The first-order valence-corrected chi connectivity index (χ1v) is 8.56. The molecule has 0 spiro atoms. The van der Waals surface area contributed by atoms with Crippen LogP contribution in [0.2, 0.25) is 0 Å². The lowest BCUT2D eigenvalue weighted by Gasteiger charge is -2.11. The van der Waals surface area contributed by atoms with E-state index in [0.29, 0.717) is 17.9 Å². The largest absolute Gasteiger partial charge is 0.397 e. The standard InChI is InChI=1S/C13H17N3O2S2/c1-2-9-5-6-19-13(9)8-16-12-7-10(20(15,17)18)3-4-11(12)14/h3-7,16H,2,8,14H2,1H3,(H2,15,17,18). The van der Waals surface area contributed by atoms with Crippen molar-refractivity contribution >= 4 is 32.7 Å². The molecule has 1 aromatic carbocycles. The van der Waals surface area contributed by atoms with Crippen molar-refractivity contribution in [1.29, 1.82) is 0 Å². The molecular formula is C13H17N3O2S2. The number of thiophene rings is 1. The Labute approximate surface area is 122 Å². The smallest absolute Gasteiger partial charge is 0.238 e. The zero-order valence-corrected chi connectivity index (χ0v) is 12.7. The number of rotatable bonds is 5. The van der Waals surface area contributed by atoms with Gasteiger partial charge in [0.25, 0.3) is 0 Å². The van der Waals surface area contributed by atoms with Crippen LogP contribution < -0.4 is 16.2 Å². The van der Waals surface area contributed by atoms with E-state index in [0.717, 1.165) is 6.42 Å². The zero-order valence-electron chi connectivity index (χ0n) is 11.1. The summed E-state index contributed by atoms with van der Waals surface area (Å²) < 4.78 is 22.7. The molecule has 1 heterocycles. The molecule has 0 fully saturated rings. The van der Waals surface area contributed by atoms with Crippen LogP contribution in [0.4, 0.5) is 11.4 Å². The van der Waals surface area contributed by atoms with Crippen molar-refractivity contribution in [2.24, 2.45) is 5.14 Å². The minimum Gasteiger partial charge on any atom is -0.397 e. The second-order valence-electron chi connectivity index (χ2n) is 4.37. The minimum atomic E-state index is -3.72. The van der Waals surface area contributed by atoms with Gasteiger partial charge >= 0.3 is 0 Å². The zero-order chi connectivity index (χ0) is 14.8. The van der Waals surface area contributed by atoms with E-state index in [-0.39, 0.29) is 4.90 Å². The summed E-state index contributed by atoms with van der Waals surface area (Å²) in [6.45, 7) is 2.71. The Hall–Kier alpha value is -1.57. The Morgan fingerprint density at radius 3 is 2.70 bits per heavy atom. The lowest BCUT2D eigenvalue weighted by molar-refractivity contribution is 0.598. The van der Waals surface area contributed by atoms with Crippen molar-refractivity contribution in [3.8, 4) is 0 Å². The van der Waals surface area contributed by atoms with Gasteiger partial charge in [-0.05, 0) is 41.6 Å². The monoisotopic (exact) mass is 311 g/mol. The first-order valence-electron chi connectivity index (χ1n) is 6.13. The van der Waals surface area contributed by atoms with E-state index in [9.17, 15) is 8.42 Å². The SMILES string of the molecule is CCc1ccsc1CNc1cc(S(N)(=O)=O)ccc1N. The van der Waals surface area contributed by atoms with Crippen molar-refractivity contribution in [1.82, 2.24) is 0 Å². The second-order valence-corrected chi connectivity index (χ2v) is 6.93. The van der Waals surface area contributed by atoms with E-state index >= 15 is 0 Å². The van der Waals surface area contributed by atoms with E-state index in [2.05, 4.69) is 18.3 Å². The number of sulfonamides is 1. The van der Waals surface area contributed by atoms with Crippen LogP contribution in [-0.4, -0.2) is 8.42 Å². The van der Waals surface area contributed by atoms with E-state index in [1.54, 1.807) is 11.3 Å². The second kappa shape index (κ2) is 5.82. The topological polar surface area (TPSA) is 98.2 Å². The number of nitrogen functional groups attached to an aromatic ring is 1. The Morgan fingerprint density at radius 2 is 2.05 bits per heavy atom. The average molecular weight is 311 g/mol. The summed E-state index contributed by atoms with van der Waals surface area (Å²) >= 11 is 1.66. The Balaban J connectivity index is 2.21. The number of hydrogen-bond acceptors (Lipinski definition) is 5. The highest BCUT2D eigenvalue weighted by Gasteiger charge is 2.11. The van der Waals surface area contributed by atoms with E-state index in [4.69, 9.17) is 10.9 Å². The van der Waals surface area contributed by atoms with Crippen LogP contribution in [0.15, 0.2) is 34.5 Å². The highest BCUT2D eigenvalue weighted by atomic mass is 32.2. The molecule has 108 valence electrons. The number of nitrogens with one attached hydrogen (secondary N) is 1. The summed E-state index contributed by atoms with van der Waals surface area (Å²) in [4.78, 5) is 1.27. The molecule has 0 saturated heterocycles. The molecule has 0 atom stereocenters. The number of nitrogens with two attached hydrogens (primary N) is 2. The van der Waals surface area contributed by atoms with Crippen molar-refractivity contribution in [2.75, 3.05) is 11.1 Å². The summed E-state index contributed by atoms with van der Waals surface area (Å²) in [6, 6.07) is 6.49. The molecule has 0 radical (unpaired) electrons. The molecule has 0 saturated carbocycles. The molecule has 0 aliphatic rings. The third kappa shape index (κ3) is 3.30. The maximum Gasteiger partial charge on any atom is 0.238 e. The molecule has 0 bridgehead atoms. The summed E-state index contributed by atoms with van der Waals surface area (Å²) in [7, 11) is -3.72. The van der Waals surface area contributed by atoms with Gasteiger partial charge in [0.2, 0.25) is 10.0 Å². The fourth-order valence-corrected chi connectivity index (χ4v) is 3.33. The van der Waals surface area contributed by atoms with Gasteiger partial charge in [0.05, 0.1) is 16.3 Å². The Bertz CT molecular complexity index is 708. The van der Waals surface area contributed by atoms with Gasteiger partial charge in [-0.25, -0.2) is 13.6 Å². The van der Waals surface area contributed by atoms with Crippen molar-refractivity contribution in [3.05, 3.63) is 40.1 Å². The van der Waals surface area contributed by atoms with Crippen LogP contribution in [0.1, 0.15) is 17.4 Å². The first kappa shape index (κ1) is 14.8. The Kier molecular flexibility index (Phi) is 4.32. The van der Waals surface area contributed by atoms with Crippen LogP contribution in [0.3, 0.4) is 0 Å². The lowest BCUT2D eigenvalue weighted by atomic mass is 10.2. The van der Waals surface area contributed by atoms with Gasteiger partial charge in [-0.3, -0.25) is 0 Å². The van der Waals surface area contributed by atoms with Gasteiger partial charge in [-0.15, -0.1) is 11.3 Å². The summed E-state index contributed by atoms with van der Waals surface area (Å²) in [5.74, 6) is 0. The highest BCUT2D eigenvalue weighted by molar-refractivity contribution is 7.89. The predicted octanol–water partition coefficient (Wildman–Crippen LogP) is 2.15. The van der Waals surface area contributed by atoms with Crippen LogP contribution in [-0.2, 0) is 23.0 Å². The molecule has 0 aliphatic carbocycles. The van der Waals surface area contributed by atoms with Gasteiger partial charge in [0.15, 0.2) is 0 Å². The summed E-state index contributed by atoms with van der Waals surface area (Å²) in [6.07, 6.45) is 0.965. The van der Waals surface area contributed by atoms with E-state index in [1.165, 1.54) is 28.6 Å². The normalized spacial score (nSPS) is 11.5. The van der Waals surface area contributed by atoms with Crippen molar-refractivity contribution in [2.45, 2.75) is 24.8 Å². The van der Waals surface area contributed by atoms with Crippen molar-refractivity contribution in [3.63, 3.8) is 0 Å². The number of aryl methyl sites for hydroxylation is 1. The number of benzene rings is 1. The van der Waals surface area contributed by atoms with Crippen molar-refractivity contribution < 1.29 is 8.42 Å². The average Bonchev–Trinajstić information content (AvgIpc) is 2.83. The maximum absolute atomic E-state index is 11.3. The third-order valence-corrected chi connectivity index (χ3v) is 4.89. The molecule has 0 unspecified atom stereocenters. The third-order valence-electron chi connectivity index (χ3n) is 3.01. The molecule has 7 heteroatoms. The molecule has 5 N–H and O–H groups in total. The van der Waals surface area contributed by atoms with Gasteiger partial charge in [0, 0.05) is 11.4 Å².